The van der Waals surface area contributed by atoms with Crippen molar-refractivity contribution in [2.45, 2.75) is 111 Å². The van der Waals surface area contributed by atoms with Crippen LogP contribution in [0.4, 0.5) is 4.39 Å². The highest BCUT2D eigenvalue weighted by atomic mass is 19.1. The molecular weight excluding hydrogens is 395 g/mol. The normalized spacial score (nSPS) is 51.0. The Balaban J connectivity index is 1.31. The number of halogens is 1. The Hall–Kier alpha value is -0.110. The SMILES string of the molecule is CO[C@@H]1C[C@H]2[C@@H]3CC[C@H]([C@H](C)CC[C@@H](CCF)C(C)C)[C@@]3(C)CC[C@@H]2[C@@]2(C)CC[C@H]3C[C@]312. The Bertz CT molecular complexity index is 690. The third kappa shape index (κ3) is 3.16. The van der Waals surface area contributed by atoms with Crippen LogP contribution in [0, 0.1) is 63.6 Å². The third-order valence-electron chi connectivity index (χ3n) is 13.0. The highest BCUT2D eigenvalue weighted by Crippen LogP contribution is 2.82. The topological polar surface area (TPSA) is 9.23 Å². The second kappa shape index (κ2) is 8.23. The quantitative estimate of drug-likeness (QED) is 0.364. The summed E-state index contributed by atoms with van der Waals surface area (Å²) < 4.78 is 19.4. The lowest BCUT2D eigenvalue weighted by Gasteiger charge is -2.61. The van der Waals surface area contributed by atoms with Crippen LogP contribution < -0.4 is 0 Å². The molecule has 1 spiro atoms. The Morgan fingerprint density at radius 2 is 1.72 bits per heavy atom. The fraction of sp³-hybridized carbons (Fsp3) is 1.00. The number of hydrogen-bond acceptors (Lipinski definition) is 1. The van der Waals surface area contributed by atoms with Gasteiger partial charge >= 0.3 is 0 Å². The molecule has 5 rings (SSSR count). The molecule has 1 nitrogen and oxygen atoms in total. The van der Waals surface area contributed by atoms with Crippen LogP contribution in [0.3, 0.4) is 0 Å². The number of rotatable bonds is 8. The molecule has 5 fully saturated rings. The van der Waals surface area contributed by atoms with E-state index in [9.17, 15) is 4.39 Å². The van der Waals surface area contributed by atoms with E-state index in [4.69, 9.17) is 4.74 Å². The molecule has 11 atom stereocenters. The predicted molar refractivity (Wildman–Crippen MR) is 131 cm³/mol. The maximum Gasteiger partial charge on any atom is 0.0897 e. The molecule has 2 heteroatoms. The van der Waals surface area contributed by atoms with Crippen LogP contribution in [0.15, 0.2) is 0 Å². The molecule has 184 valence electrons. The van der Waals surface area contributed by atoms with Crippen LogP contribution in [0.1, 0.15) is 105 Å². The molecule has 0 aromatic rings. The van der Waals surface area contributed by atoms with Crippen molar-refractivity contribution in [3.8, 4) is 0 Å². The maximum absolute atomic E-state index is 13.1. The van der Waals surface area contributed by atoms with Gasteiger partial charge in [0.25, 0.3) is 0 Å². The van der Waals surface area contributed by atoms with E-state index in [-0.39, 0.29) is 6.67 Å². The molecule has 0 bridgehead atoms. The Kier molecular flexibility index (Phi) is 6.08. The van der Waals surface area contributed by atoms with E-state index in [1.54, 1.807) is 0 Å². The molecule has 0 amide bonds. The summed E-state index contributed by atoms with van der Waals surface area (Å²) in [6.45, 7) is 12.3. The van der Waals surface area contributed by atoms with Gasteiger partial charge in [0.15, 0.2) is 0 Å². The third-order valence-corrected chi connectivity index (χ3v) is 13.0. The summed E-state index contributed by atoms with van der Waals surface area (Å²) >= 11 is 0. The van der Waals surface area contributed by atoms with Crippen LogP contribution in [0.5, 0.6) is 0 Å². The molecule has 5 saturated carbocycles. The van der Waals surface area contributed by atoms with Gasteiger partial charge in [0.2, 0.25) is 0 Å². The van der Waals surface area contributed by atoms with Crippen molar-refractivity contribution in [3.63, 3.8) is 0 Å². The Labute approximate surface area is 198 Å². The zero-order valence-corrected chi connectivity index (χ0v) is 22.0. The zero-order valence-electron chi connectivity index (χ0n) is 22.0. The van der Waals surface area contributed by atoms with Gasteiger partial charge in [0, 0.05) is 12.5 Å². The molecule has 0 aromatic carbocycles. The standard InChI is InChI=1S/C30H51FO/c1-19(2)21(13-16-31)8-7-20(3)24-9-10-25-23-17-27(32-6)30-18-22(30)11-15-29(30,5)26(23)12-14-28(24,25)4/h19-27H,7-18H2,1-6H3/t20-,21+,22+,23+,24-,25+,26+,27-,28-,29-,30+/m1/s1. The van der Waals surface area contributed by atoms with E-state index in [0.717, 1.165) is 41.9 Å². The minimum absolute atomic E-state index is 0.148. The second-order valence-electron chi connectivity index (χ2n) is 14.0. The predicted octanol–water partition coefficient (Wildman–Crippen LogP) is 8.32. The van der Waals surface area contributed by atoms with Crippen LogP contribution in [0.25, 0.3) is 0 Å². The highest BCUT2D eigenvalue weighted by Gasteiger charge is 2.77. The first-order valence-corrected chi connectivity index (χ1v) is 14.3. The van der Waals surface area contributed by atoms with Crippen LogP contribution >= 0.6 is 0 Å². The van der Waals surface area contributed by atoms with Crippen LogP contribution in [0.2, 0.25) is 0 Å². The van der Waals surface area contributed by atoms with E-state index in [0.29, 0.717) is 34.2 Å². The molecule has 0 aromatic heterocycles. The van der Waals surface area contributed by atoms with Crippen molar-refractivity contribution >= 4 is 0 Å². The summed E-state index contributed by atoms with van der Waals surface area (Å²) in [6.07, 6.45) is 15.4. The van der Waals surface area contributed by atoms with Crippen LogP contribution in [-0.4, -0.2) is 19.9 Å². The molecule has 0 unspecified atom stereocenters. The summed E-state index contributed by atoms with van der Waals surface area (Å²) in [7, 11) is 2.01. The van der Waals surface area contributed by atoms with E-state index in [1.165, 1.54) is 64.2 Å². The lowest BCUT2D eigenvalue weighted by atomic mass is 9.45. The number of methoxy groups -OCH3 is 1. The van der Waals surface area contributed by atoms with Gasteiger partial charge in [0.05, 0.1) is 12.8 Å². The van der Waals surface area contributed by atoms with Crippen molar-refractivity contribution in [1.29, 1.82) is 0 Å². The molecule has 5 aliphatic carbocycles. The molecule has 32 heavy (non-hydrogen) atoms. The molecule has 5 aliphatic rings. The molecule has 0 heterocycles. The van der Waals surface area contributed by atoms with Crippen molar-refractivity contribution in [2.24, 2.45) is 63.6 Å². The van der Waals surface area contributed by atoms with Crippen molar-refractivity contribution < 1.29 is 9.13 Å². The second-order valence-corrected chi connectivity index (χ2v) is 14.0. The summed E-state index contributed by atoms with van der Waals surface area (Å²) in [6, 6.07) is 0. The van der Waals surface area contributed by atoms with Gasteiger partial charge in [0.1, 0.15) is 0 Å². The van der Waals surface area contributed by atoms with Crippen molar-refractivity contribution in [1.82, 2.24) is 0 Å². The van der Waals surface area contributed by atoms with Crippen molar-refractivity contribution in [3.05, 3.63) is 0 Å². The van der Waals surface area contributed by atoms with Crippen molar-refractivity contribution in [2.75, 3.05) is 13.8 Å². The fourth-order valence-corrected chi connectivity index (χ4v) is 11.2. The molecule has 0 aliphatic heterocycles. The minimum atomic E-state index is -0.148. The van der Waals surface area contributed by atoms with Gasteiger partial charge in [-0.2, -0.15) is 0 Å². The summed E-state index contributed by atoms with van der Waals surface area (Å²) in [5, 5.41) is 0. The number of alkyl halides is 1. The molecule has 0 saturated heterocycles. The Morgan fingerprint density at radius 3 is 2.38 bits per heavy atom. The maximum atomic E-state index is 13.1. The molecule has 0 N–H and O–H groups in total. The lowest BCUT2D eigenvalue weighted by Crippen LogP contribution is -2.57. The Morgan fingerprint density at radius 1 is 0.938 bits per heavy atom. The first-order valence-electron chi connectivity index (χ1n) is 14.3. The summed E-state index contributed by atoms with van der Waals surface area (Å²) in [4.78, 5) is 0. The van der Waals surface area contributed by atoms with E-state index in [2.05, 4.69) is 34.6 Å². The largest absolute Gasteiger partial charge is 0.381 e. The van der Waals surface area contributed by atoms with Gasteiger partial charge in [-0.15, -0.1) is 0 Å². The van der Waals surface area contributed by atoms with Crippen LogP contribution in [-0.2, 0) is 4.74 Å². The van der Waals surface area contributed by atoms with Gasteiger partial charge in [-0.25, -0.2) is 0 Å². The summed E-state index contributed by atoms with van der Waals surface area (Å²) in [5.74, 6) is 6.54. The first kappa shape index (κ1) is 23.6. The monoisotopic (exact) mass is 446 g/mol. The van der Waals surface area contributed by atoms with Gasteiger partial charge in [-0.05, 0) is 122 Å². The van der Waals surface area contributed by atoms with E-state index < -0.39 is 0 Å². The highest BCUT2D eigenvalue weighted by molar-refractivity contribution is 5.26. The van der Waals surface area contributed by atoms with Gasteiger partial charge in [-0.3, -0.25) is 4.39 Å². The first-order chi connectivity index (χ1) is 15.2. The van der Waals surface area contributed by atoms with E-state index >= 15 is 0 Å². The van der Waals surface area contributed by atoms with Gasteiger partial charge < -0.3 is 4.74 Å². The summed E-state index contributed by atoms with van der Waals surface area (Å²) in [5.41, 5.74) is 1.61. The molecular formula is C30H51FO. The lowest BCUT2D eigenvalue weighted by molar-refractivity contribution is -0.161. The van der Waals surface area contributed by atoms with E-state index in [1.807, 2.05) is 7.11 Å². The average molecular weight is 447 g/mol. The number of ether oxygens (including phenoxy) is 1. The fourth-order valence-electron chi connectivity index (χ4n) is 11.2. The number of hydrogen-bond donors (Lipinski definition) is 0. The number of fused-ring (bicyclic) bond motifs is 4. The average Bonchev–Trinajstić information content (AvgIpc) is 3.27. The smallest absolute Gasteiger partial charge is 0.0897 e. The molecule has 0 radical (unpaired) electrons. The van der Waals surface area contributed by atoms with Gasteiger partial charge in [-0.1, -0.05) is 41.0 Å². The minimum Gasteiger partial charge on any atom is -0.381 e. The zero-order chi connectivity index (χ0) is 22.9.